The maximum Gasteiger partial charge on any atom is 0.287 e. The van der Waals surface area contributed by atoms with E-state index in [1.54, 1.807) is 18.2 Å². The smallest absolute Gasteiger partial charge is 0.287 e. The SMILES string of the molecule is NC(=O)[C@H]1CCCC[C@@H]1NC(=O)c1cc2cccc(Cl)c2o1. The van der Waals surface area contributed by atoms with Gasteiger partial charge < -0.3 is 15.5 Å². The monoisotopic (exact) mass is 320 g/mol. The van der Waals surface area contributed by atoms with E-state index in [9.17, 15) is 9.59 Å². The molecule has 1 aromatic carbocycles. The highest BCUT2D eigenvalue weighted by atomic mass is 35.5. The molecule has 6 heteroatoms. The highest BCUT2D eigenvalue weighted by Gasteiger charge is 2.31. The van der Waals surface area contributed by atoms with E-state index in [0.717, 1.165) is 24.6 Å². The van der Waals surface area contributed by atoms with Crippen molar-refractivity contribution in [2.75, 3.05) is 0 Å². The summed E-state index contributed by atoms with van der Waals surface area (Å²) in [6, 6.07) is 6.75. The molecule has 0 aliphatic heterocycles. The lowest BCUT2D eigenvalue weighted by Gasteiger charge is -2.29. The Morgan fingerprint density at radius 1 is 1.27 bits per heavy atom. The third kappa shape index (κ3) is 2.81. The second-order valence-corrected chi connectivity index (χ2v) is 6.05. The van der Waals surface area contributed by atoms with Crippen LogP contribution in [-0.4, -0.2) is 17.9 Å². The molecule has 1 aromatic heterocycles. The maximum atomic E-state index is 12.4. The summed E-state index contributed by atoms with van der Waals surface area (Å²) < 4.78 is 5.54. The molecule has 1 fully saturated rings. The first-order valence-corrected chi connectivity index (χ1v) is 7.72. The van der Waals surface area contributed by atoms with Crippen molar-refractivity contribution in [1.29, 1.82) is 0 Å². The van der Waals surface area contributed by atoms with Crippen LogP contribution in [-0.2, 0) is 4.79 Å². The Hall–Kier alpha value is -2.01. The molecule has 22 heavy (non-hydrogen) atoms. The largest absolute Gasteiger partial charge is 0.449 e. The molecule has 3 rings (SSSR count). The number of hydrogen-bond donors (Lipinski definition) is 2. The zero-order valence-electron chi connectivity index (χ0n) is 12.0. The minimum Gasteiger partial charge on any atom is -0.449 e. The molecule has 0 spiro atoms. The zero-order chi connectivity index (χ0) is 15.7. The average Bonchev–Trinajstić information content (AvgIpc) is 2.93. The van der Waals surface area contributed by atoms with E-state index in [1.165, 1.54) is 0 Å². The number of carbonyl (C=O) groups is 2. The van der Waals surface area contributed by atoms with Gasteiger partial charge >= 0.3 is 0 Å². The van der Waals surface area contributed by atoms with Gasteiger partial charge in [0.15, 0.2) is 11.3 Å². The number of primary amides is 1. The lowest BCUT2D eigenvalue weighted by Crippen LogP contribution is -2.47. The number of fused-ring (bicyclic) bond motifs is 1. The van der Waals surface area contributed by atoms with Crippen molar-refractivity contribution in [3.05, 3.63) is 35.0 Å². The van der Waals surface area contributed by atoms with Crippen molar-refractivity contribution in [3.63, 3.8) is 0 Å². The van der Waals surface area contributed by atoms with E-state index in [0.29, 0.717) is 17.0 Å². The zero-order valence-corrected chi connectivity index (χ0v) is 12.7. The number of para-hydroxylation sites is 1. The minimum absolute atomic E-state index is 0.192. The molecule has 0 bridgehead atoms. The van der Waals surface area contributed by atoms with Crippen molar-refractivity contribution in [1.82, 2.24) is 5.32 Å². The summed E-state index contributed by atoms with van der Waals surface area (Å²) in [5.41, 5.74) is 5.91. The molecule has 0 saturated heterocycles. The predicted molar refractivity (Wildman–Crippen MR) is 83.6 cm³/mol. The number of amides is 2. The van der Waals surface area contributed by atoms with Gasteiger partial charge in [0.25, 0.3) is 5.91 Å². The van der Waals surface area contributed by atoms with Crippen LogP contribution < -0.4 is 11.1 Å². The summed E-state index contributed by atoms with van der Waals surface area (Å²) in [6.07, 6.45) is 3.40. The highest BCUT2D eigenvalue weighted by Crippen LogP contribution is 2.28. The molecule has 1 aliphatic carbocycles. The van der Waals surface area contributed by atoms with Gasteiger partial charge in [0.05, 0.1) is 10.9 Å². The summed E-state index contributed by atoms with van der Waals surface area (Å²) in [5.74, 6) is -0.828. The summed E-state index contributed by atoms with van der Waals surface area (Å²) in [6.45, 7) is 0. The van der Waals surface area contributed by atoms with Crippen LogP contribution in [0.1, 0.15) is 36.2 Å². The molecule has 1 heterocycles. The number of hydrogen-bond acceptors (Lipinski definition) is 3. The lowest BCUT2D eigenvalue weighted by atomic mass is 9.84. The second-order valence-electron chi connectivity index (χ2n) is 5.64. The molecule has 2 amide bonds. The third-order valence-corrected chi connectivity index (χ3v) is 4.47. The van der Waals surface area contributed by atoms with Crippen LogP contribution in [0.5, 0.6) is 0 Å². The van der Waals surface area contributed by atoms with Gasteiger partial charge in [0, 0.05) is 11.4 Å². The molecular formula is C16H17ClN2O3. The number of nitrogens with two attached hydrogens (primary N) is 1. The number of benzene rings is 1. The first kappa shape index (κ1) is 14.9. The molecule has 3 N–H and O–H groups in total. The van der Waals surface area contributed by atoms with E-state index in [-0.39, 0.29) is 29.5 Å². The molecule has 2 aromatic rings. The van der Waals surface area contributed by atoms with Crippen LogP contribution in [0.15, 0.2) is 28.7 Å². The number of rotatable bonds is 3. The van der Waals surface area contributed by atoms with Gasteiger partial charge in [-0.25, -0.2) is 0 Å². The quantitative estimate of drug-likeness (QED) is 0.911. The average molecular weight is 321 g/mol. The van der Waals surface area contributed by atoms with Gasteiger partial charge in [-0.15, -0.1) is 0 Å². The van der Waals surface area contributed by atoms with Crippen LogP contribution in [0, 0.1) is 5.92 Å². The van der Waals surface area contributed by atoms with Crippen LogP contribution in [0.4, 0.5) is 0 Å². The van der Waals surface area contributed by atoms with E-state index in [1.807, 2.05) is 6.07 Å². The van der Waals surface area contributed by atoms with Crippen molar-refractivity contribution in [2.45, 2.75) is 31.7 Å². The lowest BCUT2D eigenvalue weighted by molar-refractivity contribution is -0.123. The summed E-state index contributed by atoms with van der Waals surface area (Å²) in [4.78, 5) is 23.9. The Labute approximate surface area is 132 Å². The van der Waals surface area contributed by atoms with Crippen LogP contribution in [0.25, 0.3) is 11.0 Å². The second kappa shape index (κ2) is 6.01. The molecule has 1 saturated carbocycles. The topological polar surface area (TPSA) is 85.3 Å². The normalized spacial score (nSPS) is 21.7. The van der Waals surface area contributed by atoms with Crippen molar-refractivity contribution in [3.8, 4) is 0 Å². The number of furan rings is 1. The summed E-state index contributed by atoms with van der Waals surface area (Å²) in [7, 11) is 0. The van der Waals surface area contributed by atoms with Crippen LogP contribution in [0.2, 0.25) is 5.02 Å². The van der Waals surface area contributed by atoms with E-state index in [2.05, 4.69) is 5.32 Å². The maximum absolute atomic E-state index is 12.4. The Morgan fingerprint density at radius 3 is 2.77 bits per heavy atom. The Balaban J connectivity index is 1.80. The number of halogens is 1. The van der Waals surface area contributed by atoms with E-state index < -0.39 is 0 Å². The fraction of sp³-hybridized carbons (Fsp3) is 0.375. The Morgan fingerprint density at radius 2 is 2.05 bits per heavy atom. The standard InChI is InChI=1S/C16H17ClN2O3/c17-11-6-3-4-9-8-13(22-14(9)11)16(21)19-12-7-2-1-5-10(12)15(18)20/h3-4,6,8,10,12H,1-2,5,7H2,(H2,18,20)(H,19,21)/t10-,12-/m0/s1. The van der Waals surface area contributed by atoms with Gasteiger partial charge in [-0.05, 0) is 25.0 Å². The van der Waals surface area contributed by atoms with Gasteiger partial charge in [0.1, 0.15) is 0 Å². The van der Waals surface area contributed by atoms with Gasteiger partial charge in [0.2, 0.25) is 5.91 Å². The summed E-state index contributed by atoms with van der Waals surface area (Å²) in [5, 5.41) is 4.10. The van der Waals surface area contributed by atoms with Crippen LogP contribution in [0.3, 0.4) is 0 Å². The first-order chi connectivity index (χ1) is 10.6. The molecule has 2 atom stereocenters. The Kier molecular flexibility index (Phi) is 4.07. The van der Waals surface area contributed by atoms with Crippen LogP contribution >= 0.6 is 11.6 Å². The van der Waals surface area contributed by atoms with E-state index >= 15 is 0 Å². The minimum atomic E-state index is -0.363. The fourth-order valence-electron chi connectivity index (χ4n) is 3.02. The first-order valence-electron chi connectivity index (χ1n) is 7.34. The van der Waals surface area contributed by atoms with Crippen molar-refractivity contribution < 1.29 is 14.0 Å². The highest BCUT2D eigenvalue weighted by molar-refractivity contribution is 6.34. The number of nitrogens with one attached hydrogen (secondary N) is 1. The molecule has 1 aliphatic rings. The fourth-order valence-corrected chi connectivity index (χ4v) is 3.24. The third-order valence-electron chi connectivity index (χ3n) is 4.17. The Bertz CT molecular complexity index is 725. The molecule has 116 valence electrons. The predicted octanol–water partition coefficient (Wildman–Crippen LogP) is 2.86. The number of carbonyl (C=O) groups excluding carboxylic acids is 2. The molecule has 0 unspecified atom stereocenters. The van der Waals surface area contributed by atoms with Crippen molar-refractivity contribution >= 4 is 34.4 Å². The molecule has 5 nitrogen and oxygen atoms in total. The van der Waals surface area contributed by atoms with Gasteiger partial charge in [-0.3, -0.25) is 9.59 Å². The molecular weight excluding hydrogens is 304 g/mol. The molecule has 0 radical (unpaired) electrons. The van der Waals surface area contributed by atoms with E-state index in [4.69, 9.17) is 21.8 Å². The van der Waals surface area contributed by atoms with Gasteiger partial charge in [-0.1, -0.05) is 36.6 Å². The van der Waals surface area contributed by atoms with Crippen molar-refractivity contribution in [2.24, 2.45) is 11.7 Å². The summed E-state index contributed by atoms with van der Waals surface area (Å²) >= 11 is 6.05. The van der Waals surface area contributed by atoms with Gasteiger partial charge in [-0.2, -0.15) is 0 Å².